The van der Waals surface area contributed by atoms with Gasteiger partial charge in [-0.3, -0.25) is 0 Å². The fraction of sp³-hybridized carbons (Fsp3) is 0.500. The maximum atomic E-state index is 11.5. The number of aromatic nitrogens is 1. The van der Waals surface area contributed by atoms with E-state index in [9.17, 15) is 9.90 Å². The number of aryl methyl sites for hydroxylation is 1. The monoisotopic (exact) mass is 304 g/mol. The average molecular weight is 304 g/mol. The Balaban J connectivity index is 2.08. The molecule has 0 amide bonds. The Bertz CT molecular complexity index is 707. The molecule has 1 aromatic carbocycles. The van der Waals surface area contributed by atoms with E-state index in [1.54, 1.807) is 19.1 Å². The molecule has 1 fully saturated rings. The van der Waals surface area contributed by atoms with E-state index in [4.69, 9.17) is 9.15 Å². The second-order valence-electron chi connectivity index (χ2n) is 5.99. The van der Waals surface area contributed by atoms with Gasteiger partial charge in [-0.1, -0.05) is 19.9 Å². The molecule has 2 heterocycles. The standard InChI is InChI=1S/C16H20N2O4/c1-9(2)11-8-21-7-6-18(11)16-17-14-12(22-16)5-4-10(3)13(14)15(19)20/h4-5,9,11H,6-8H2,1-3H3,(H,19,20)/t11-/m0/s1. The van der Waals surface area contributed by atoms with Gasteiger partial charge in [0.2, 0.25) is 0 Å². The van der Waals surface area contributed by atoms with Crippen LogP contribution in [-0.4, -0.2) is 41.9 Å². The summed E-state index contributed by atoms with van der Waals surface area (Å²) in [6, 6.07) is 4.18. The van der Waals surface area contributed by atoms with Gasteiger partial charge in [-0.05, 0) is 24.5 Å². The topological polar surface area (TPSA) is 75.8 Å². The van der Waals surface area contributed by atoms with Crippen LogP contribution in [0.5, 0.6) is 0 Å². The molecule has 1 aliphatic heterocycles. The van der Waals surface area contributed by atoms with Crippen LogP contribution in [0.15, 0.2) is 16.5 Å². The second kappa shape index (κ2) is 5.61. The Hall–Kier alpha value is -2.08. The Kier molecular flexibility index (Phi) is 3.78. The van der Waals surface area contributed by atoms with Gasteiger partial charge >= 0.3 is 5.97 Å². The fourth-order valence-corrected chi connectivity index (χ4v) is 2.89. The number of rotatable bonds is 3. The van der Waals surface area contributed by atoms with Gasteiger partial charge in [0.15, 0.2) is 5.58 Å². The molecule has 2 aromatic rings. The van der Waals surface area contributed by atoms with Gasteiger partial charge in [-0.15, -0.1) is 0 Å². The van der Waals surface area contributed by atoms with Crippen molar-refractivity contribution in [3.05, 3.63) is 23.3 Å². The number of hydrogen-bond donors (Lipinski definition) is 1. The summed E-state index contributed by atoms with van der Waals surface area (Å²) in [4.78, 5) is 18.0. The van der Waals surface area contributed by atoms with Gasteiger partial charge in [0, 0.05) is 6.54 Å². The lowest BCUT2D eigenvalue weighted by Gasteiger charge is -2.36. The zero-order valence-electron chi connectivity index (χ0n) is 13.0. The van der Waals surface area contributed by atoms with E-state index in [1.165, 1.54) is 0 Å². The predicted octanol–water partition coefficient (Wildman–Crippen LogP) is 2.70. The minimum atomic E-state index is -0.981. The fourth-order valence-electron chi connectivity index (χ4n) is 2.89. The number of oxazole rings is 1. The number of carbonyl (C=O) groups is 1. The number of anilines is 1. The molecule has 1 saturated heterocycles. The number of carboxylic acid groups (broad SMARTS) is 1. The van der Waals surface area contributed by atoms with Crippen molar-refractivity contribution in [2.24, 2.45) is 5.92 Å². The smallest absolute Gasteiger partial charge is 0.338 e. The molecule has 1 aromatic heterocycles. The maximum absolute atomic E-state index is 11.5. The summed E-state index contributed by atoms with van der Waals surface area (Å²) in [5, 5.41) is 9.41. The van der Waals surface area contributed by atoms with Gasteiger partial charge in [0.05, 0.1) is 24.8 Å². The van der Waals surface area contributed by atoms with Crippen molar-refractivity contribution in [2.75, 3.05) is 24.7 Å². The lowest BCUT2D eigenvalue weighted by Crippen LogP contribution is -2.48. The molecule has 6 nitrogen and oxygen atoms in total. The maximum Gasteiger partial charge on any atom is 0.338 e. The summed E-state index contributed by atoms with van der Waals surface area (Å²) >= 11 is 0. The molecule has 1 atom stereocenters. The first kappa shape index (κ1) is 14.8. The Labute approximate surface area is 128 Å². The van der Waals surface area contributed by atoms with Crippen molar-refractivity contribution < 1.29 is 19.1 Å². The molecule has 0 spiro atoms. The molecule has 0 unspecified atom stereocenters. The number of hydrogen-bond acceptors (Lipinski definition) is 5. The summed E-state index contributed by atoms with van der Waals surface area (Å²) in [5.41, 5.74) is 1.81. The lowest BCUT2D eigenvalue weighted by molar-refractivity contribution is 0.0698. The first-order chi connectivity index (χ1) is 10.5. The second-order valence-corrected chi connectivity index (χ2v) is 5.99. The third kappa shape index (κ3) is 2.43. The van der Waals surface area contributed by atoms with Crippen molar-refractivity contribution in [3.8, 4) is 0 Å². The minimum Gasteiger partial charge on any atom is -0.478 e. The van der Waals surface area contributed by atoms with E-state index in [0.29, 0.717) is 48.4 Å². The van der Waals surface area contributed by atoms with Crippen molar-refractivity contribution in [1.29, 1.82) is 0 Å². The van der Waals surface area contributed by atoms with E-state index in [2.05, 4.69) is 23.7 Å². The van der Waals surface area contributed by atoms with Gasteiger partial charge in [-0.2, -0.15) is 4.98 Å². The number of carboxylic acids is 1. The van der Waals surface area contributed by atoms with Crippen molar-refractivity contribution in [3.63, 3.8) is 0 Å². The van der Waals surface area contributed by atoms with Gasteiger partial charge in [-0.25, -0.2) is 4.79 Å². The number of benzene rings is 1. The van der Waals surface area contributed by atoms with Crippen LogP contribution in [0, 0.1) is 12.8 Å². The molecule has 22 heavy (non-hydrogen) atoms. The van der Waals surface area contributed by atoms with E-state index >= 15 is 0 Å². The first-order valence-electron chi connectivity index (χ1n) is 7.47. The van der Waals surface area contributed by atoms with Crippen molar-refractivity contribution in [1.82, 2.24) is 4.98 Å². The van der Waals surface area contributed by atoms with E-state index < -0.39 is 5.97 Å². The van der Waals surface area contributed by atoms with Crippen molar-refractivity contribution >= 4 is 23.1 Å². The number of aromatic carboxylic acids is 1. The summed E-state index contributed by atoms with van der Waals surface area (Å²) in [6.45, 7) is 7.96. The van der Waals surface area contributed by atoms with Crippen LogP contribution < -0.4 is 4.90 Å². The molecule has 6 heteroatoms. The highest BCUT2D eigenvalue weighted by molar-refractivity contribution is 6.02. The summed E-state index contributed by atoms with van der Waals surface area (Å²) in [7, 11) is 0. The number of morpholine rings is 1. The minimum absolute atomic E-state index is 0.177. The van der Waals surface area contributed by atoms with Gasteiger partial charge in [0.1, 0.15) is 5.52 Å². The van der Waals surface area contributed by atoms with Crippen LogP contribution in [0.4, 0.5) is 6.01 Å². The highest BCUT2D eigenvalue weighted by Crippen LogP contribution is 2.30. The molecule has 118 valence electrons. The zero-order valence-corrected chi connectivity index (χ0v) is 13.0. The quantitative estimate of drug-likeness (QED) is 0.939. The van der Waals surface area contributed by atoms with Crippen LogP contribution in [-0.2, 0) is 4.74 Å². The molecular weight excluding hydrogens is 284 g/mol. The third-order valence-electron chi connectivity index (χ3n) is 4.15. The van der Waals surface area contributed by atoms with Gasteiger partial charge < -0.3 is 19.2 Å². The molecular formula is C16H20N2O4. The Morgan fingerprint density at radius 3 is 2.91 bits per heavy atom. The SMILES string of the molecule is Cc1ccc2oc(N3CCOC[C@H]3C(C)C)nc2c1C(=O)O. The van der Waals surface area contributed by atoms with Crippen molar-refractivity contribution in [2.45, 2.75) is 26.8 Å². The summed E-state index contributed by atoms with van der Waals surface area (Å²) < 4.78 is 11.4. The van der Waals surface area contributed by atoms with Crippen LogP contribution >= 0.6 is 0 Å². The average Bonchev–Trinajstić information content (AvgIpc) is 2.90. The highest BCUT2D eigenvalue weighted by Gasteiger charge is 2.30. The molecule has 0 radical (unpaired) electrons. The highest BCUT2D eigenvalue weighted by atomic mass is 16.5. The summed E-state index contributed by atoms with van der Waals surface area (Å²) in [6.07, 6.45) is 0. The molecule has 0 bridgehead atoms. The normalized spacial score (nSPS) is 19.1. The number of nitrogens with zero attached hydrogens (tertiary/aromatic N) is 2. The van der Waals surface area contributed by atoms with Gasteiger partial charge in [0.25, 0.3) is 6.01 Å². The molecule has 1 N–H and O–H groups in total. The molecule has 3 rings (SSSR count). The van der Waals surface area contributed by atoms with Crippen LogP contribution in [0.25, 0.3) is 11.1 Å². The largest absolute Gasteiger partial charge is 0.478 e. The van der Waals surface area contributed by atoms with Crippen LogP contribution in [0.1, 0.15) is 29.8 Å². The molecule has 1 aliphatic rings. The lowest BCUT2D eigenvalue weighted by atomic mass is 10.0. The summed E-state index contributed by atoms with van der Waals surface area (Å²) in [5.74, 6) is -0.596. The number of fused-ring (bicyclic) bond motifs is 1. The predicted molar refractivity (Wildman–Crippen MR) is 82.5 cm³/mol. The van der Waals surface area contributed by atoms with Crippen LogP contribution in [0.3, 0.4) is 0 Å². The zero-order chi connectivity index (χ0) is 15.9. The van der Waals surface area contributed by atoms with E-state index in [0.717, 1.165) is 0 Å². The van der Waals surface area contributed by atoms with Crippen LogP contribution in [0.2, 0.25) is 0 Å². The molecule has 0 saturated carbocycles. The Morgan fingerprint density at radius 1 is 1.45 bits per heavy atom. The van der Waals surface area contributed by atoms with E-state index in [1.807, 2.05) is 0 Å². The molecule has 0 aliphatic carbocycles. The Morgan fingerprint density at radius 2 is 2.23 bits per heavy atom. The third-order valence-corrected chi connectivity index (χ3v) is 4.15. The first-order valence-corrected chi connectivity index (χ1v) is 7.47. The van der Waals surface area contributed by atoms with E-state index in [-0.39, 0.29) is 11.6 Å². The number of ether oxygens (including phenoxy) is 1.